The first-order valence-electron chi connectivity index (χ1n) is 9.62. The molecule has 2 aromatic carbocycles. The summed E-state index contributed by atoms with van der Waals surface area (Å²) in [6.07, 6.45) is 1.03. The average molecular weight is 367 g/mol. The highest BCUT2D eigenvalue weighted by Gasteiger charge is 2.38. The number of anilines is 1. The molecule has 0 aromatic heterocycles. The van der Waals surface area contributed by atoms with Crippen LogP contribution in [0.5, 0.6) is 0 Å². The quantitative estimate of drug-likeness (QED) is 0.859. The lowest BCUT2D eigenvalue weighted by Gasteiger charge is -2.45. The molecule has 0 bridgehead atoms. The maximum absolute atomic E-state index is 11.3. The fraction of sp³-hybridized carbons (Fsp3) is 0.435. The normalized spacial score (nSPS) is 23.2. The highest BCUT2D eigenvalue weighted by Crippen LogP contribution is 2.40. The first-order chi connectivity index (χ1) is 12.8. The van der Waals surface area contributed by atoms with Crippen molar-refractivity contribution in [1.29, 1.82) is 0 Å². The maximum Gasteiger partial charge on any atom is 0.335 e. The molecule has 1 saturated heterocycles. The third-order valence-corrected chi connectivity index (χ3v) is 6.19. The molecule has 3 rings (SSSR count). The van der Waals surface area contributed by atoms with E-state index >= 15 is 0 Å². The Morgan fingerprint density at radius 3 is 2.52 bits per heavy atom. The van der Waals surface area contributed by atoms with E-state index in [1.165, 1.54) is 11.3 Å². The van der Waals surface area contributed by atoms with Gasteiger partial charge in [0.15, 0.2) is 0 Å². The number of hydrogen-bond acceptors (Lipinski definition) is 3. The van der Waals surface area contributed by atoms with Crippen molar-refractivity contribution in [3.63, 3.8) is 0 Å². The molecule has 2 aromatic rings. The van der Waals surface area contributed by atoms with Gasteiger partial charge in [-0.05, 0) is 59.7 Å². The second-order valence-corrected chi connectivity index (χ2v) is 8.25. The fourth-order valence-corrected chi connectivity index (χ4v) is 4.05. The zero-order valence-corrected chi connectivity index (χ0v) is 16.8. The Morgan fingerprint density at radius 2 is 1.93 bits per heavy atom. The predicted molar refractivity (Wildman–Crippen MR) is 111 cm³/mol. The van der Waals surface area contributed by atoms with E-state index in [-0.39, 0.29) is 5.41 Å². The summed E-state index contributed by atoms with van der Waals surface area (Å²) in [6, 6.07) is 16.2. The van der Waals surface area contributed by atoms with Crippen molar-refractivity contribution in [2.75, 3.05) is 32.1 Å². The Bertz CT molecular complexity index is 800. The molecule has 1 heterocycles. The molecule has 4 heteroatoms. The number of aromatic carboxylic acids is 1. The molecule has 144 valence electrons. The second kappa shape index (κ2) is 7.73. The number of piperidine rings is 1. The van der Waals surface area contributed by atoms with Crippen LogP contribution in [0.3, 0.4) is 0 Å². The van der Waals surface area contributed by atoms with Gasteiger partial charge in [-0.1, -0.05) is 38.1 Å². The Balaban J connectivity index is 1.69. The molecular weight excluding hydrogens is 336 g/mol. The Morgan fingerprint density at radius 1 is 1.22 bits per heavy atom. The molecule has 1 N–H and O–H groups in total. The molecule has 27 heavy (non-hydrogen) atoms. The van der Waals surface area contributed by atoms with E-state index in [0.717, 1.165) is 31.6 Å². The van der Waals surface area contributed by atoms with Crippen molar-refractivity contribution in [1.82, 2.24) is 4.90 Å². The zero-order valence-electron chi connectivity index (χ0n) is 16.8. The van der Waals surface area contributed by atoms with Gasteiger partial charge in [-0.3, -0.25) is 4.90 Å². The first kappa shape index (κ1) is 19.4. The van der Waals surface area contributed by atoms with Crippen LogP contribution in [-0.4, -0.2) is 43.2 Å². The van der Waals surface area contributed by atoms with Gasteiger partial charge in [-0.2, -0.15) is 0 Å². The smallest absolute Gasteiger partial charge is 0.335 e. The van der Waals surface area contributed by atoms with Crippen LogP contribution in [0.2, 0.25) is 0 Å². The lowest BCUT2D eigenvalue weighted by Crippen LogP contribution is -2.47. The van der Waals surface area contributed by atoms with Gasteiger partial charge in [0.05, 0.1) is 5.56 Å². The molecule has 1 aliphatic heterocycles. The van der Waals surface area contributed by atoms with E-state index in [9.17, 15) is 9.90 Å². The third-order valence-electron chi connectivity index (χ3n) is 6.19. The van der Waals surface area contributed by atoms with Crippen LogP contribution in [-0.2, 0) is 12.0 Å². The Labute approximate surface area is 162 Å². The predicted octanol–water partition coefficient (Wildman–Crippen LogP) is 4.25. The van der Waals surface area contributed by atoms with Gasteiger partial charge >= 0.3 is 5.97 Å². The molecular formula is C23H30N2O2. The van der Waals surface area contributed by atoms with Crippen molar-refractivity contribution >= 4 is 11.7 Å². The van der Waals surface area contributed by atoms with Gasteiger partial charge in [0.25, 0.3) is 0 Å². The number of hydrogen-bond donors (Lipinski definition) is 1. The average Bonchev–Trinajstić information content (AvgIpc) is 2.65. The second-order valence-electron chi connectivity index (χ2n) is 8.25. The lowest BCUT2D eigenvalue weighted by atomic mass is 9.68. The van der Waals surface area contributed by atoms with Gasteiger partial charge < -0.3 is 10.0 Å². The minimum absolute atomic E-state index is 0.0107. The van der Waals surface area contributed by atoms with Crippen LogP contribution in [0.1, 0.15) is 41.8 Å². The summed E-state index contributed by atoms with van der Waals surface area (Å²) in [4.78, 5) is 16.0. The Hall–Kier alpha value is -2.33. The highest BCUT2D eigenvalue weighted by atomic mass is 16.4. The molecule has 0 amide bonds. The SMILES string of the molecule is CC1CN(Cc2ccc(N(C)C)cc2)CCC1(C)c1cccc(C(=O)O)c1. The summed E-state index contributed by atoms with van der Waals surface area (Å²) in [5.74, 6) is -0.400. The number of benzene rings is 2. The monoisotopic (exact) mass is 366 g/mol. The van der Waals surface area contributed by atoms with Crippen LogP contribution < -0.4 is 4.90 Å². The van der Waals surface area contributed by atoms with Crippen molar-refractivity contribution in [3.8, 4) is 0 Å². The van der Waals surface area contributed by atoms with E-state index in [1.54, 1.807) is 6.07 Å². The number of carboxylic acids is 1. The summed E-state index contributed by atoms with van der Waals surface area (Å²) in [5.41, 5.74) is 4.09. The van der Waals surface area contributed by atoms with Crippen LogP contribution in [0.25, 0.3) is 0 Å². The molecule has 0 saturated carbocycles. The first-order valence-corrected chi connectivity index (χ1v) is 9.62. The van der Waals surface area contributed by atoms with E-state index in [4.69, 9.17) is 0 Å². The van der Waals surface area contributed by atoms with E-state index in [0.29, 0.717) is 11.5 Å². The number of carbonyl (C=O) groups is 1. The van der Waals surface area contributed by atoms with Crippen molar-refractivity contribution in [3.05, 3.63) is 65.2 Å². The summed E-state index contributed by atoms with van der Waals surface area (Å²) < 4.78 is 0. The highest BCUT2D eigenvalue weighted by molar-refractivity contribution is 5.87. The maximum atomic E-state index is 11.3. The summed E-state index contributed by atoms with van der Waals surface area (Å²) in [5, 5.41) is 9.31. The van der Waals surface area contributed by atoms with Crippen molar-refractivity contribution in [2.45, 2.75) is 32.2 Å². The van der Waals surface area contributed by atoms with Crippen LogP contribution in [0.4, 0.5) is 5.69 Å². The van der Waals surface area contributed by atoms with Gasteiger partial charge in [0, 0.05) is 32.9 Å². The van der Waals surface area contributed by atoms with Gasteiger partial charge in [0.2, 0.25) is 0 Å². The van der Waals surface area contributed by atoms with Crippen molar-refractivity contribution in [2.24, 2.45) is 5.92 Å². The third kappa shape index (κ3) is 4.16. The summed E-state index contributed by atoms with van der Waals surface area (Å²) in [7, 11) is 4.11. The number of rotatable bonds is 5. The topological polar surface area (TPSA) is 43.8 Å². The summed E-state index contributed by atoms with van der Waals surface area (Å²) in [6.45, 7) is 7.57. The largest absolute Gasteiger partial charge is 0.478 e. The summed E-state index contributed by atoms with van der Waals surface area (Å²) >= 11 is 0. The Kier molecular flexibility index (Phi) is 5.56. The van der Waals surface area contributed by atoms with Crippen molar-refractivity contribution < 1.29 is 9.90 Å². The van der Waals surface area contributed by atoms with Crippen LogP contribution >= 0.6 is 0 Å². The molecule has 2 atom stereocenters. The molecule has 2 unspecified atom stereocenters. The van der Waals surface area contributed by atoms with Crippen LogP contribution in [0.15, 0.2) is 48.5 Å². The molecule has 1 aliphatic rings. The van der Waals surface area contributed by atoms with Gasteiger partial charge in [-0.15, -0.1) is 0 Å². The fourth-order valence-electron chi connectivity index (χ4n) is 4.05. The lowest BCUT2D eigenvalue weighted by molar-refractivity contribution is 0.0696. The zero-order chi connectivity index (χ0) is 19.6. The molecule has 1 fully saturated rings. The van der Waals surface area contributed by atoms with Gasteiger partial charge in [-0.25, -0.2) is 4.79 Å². The number of nitrogens with zero attached hydrogens (tertiary/aromatic N) is 2. The van der Waals surface area contributed by atoms with Gasteiger partial charge in [0.1, 0.15) is 0 Å². The number of likely N-dealkylation sites (tertiary alicyclic amines) is 1. The molecule has 4 nitrogen and oxygen atoms in total. The molecule has 0 radical (unpaired) electrons. The minimum Gasteiger partial charge on any atom is -0.478 e. The van der Waals surface area contributed by atoms with Crippen LogP contribution in [0, 0.1) is 5.92 Å². The van der Waals surface area contributed by atoms with E-state index < -0.39 is 5.97 Å². The standard InChI is InChI=1S/C23H30N2O2/c1-17-15-25(16-18-8-10-21(11-9-18)24(3)4)13-12-23(17,2)20-7-5-6-19(14-20)22(26)27/h5-11,14,17H,12-13,15-16H2,1-4H3,(H,26,27). The van der Waals surface area contributed by atoms with E-state index in [1.807, 2.05) is 12.1 Å². The number of carboxylic acid groups (broad SMARTS) is 1. The minimum atomic E-state index is -0.855. The molecule has 0 aliphatic carbocycles. The van der Waals surface area contributed by atoms with E-state index in [2.05, 4.69) is 68.1 Å². The molecule has 0 spiro atoms.